The van der Waals surface area contributed by atoms with Crippen molar-refractivity contribution in [3.05, 3.63) is 16.6 Å². The molecule has 2 amide bonds. The van der Waals surface area contributed by atoms with Crippen LogP contribution in [0.5, 0.6) is 0 Å². The maximum Gasteiger partial charge on any atom is 0.316 e. The number of hydrogen-bond acceptors (Lipinski definition) is 5. The Balaban J connectivity index is 1.50. The first-order chi connectivity index (χ1) is 10.1. The van der Waals surface area contributed by atoms with Gasteiger partial charge >= 0.3 is 6.03 Å². The largest absolute Gasteiger partial charge is 0.376 e. The zero-order valence-electron chi connectivity index (χ0n) is 12.5. The molecular formula is C14H22N4O2S. The second kappa shape index (κ2) is 6.29. The second-order valence-corrected chi connectivity index (χ2v) is 6.98. The van der Waals surface area contributed by atoms with Gasteiger partial charge in [0.05, 0.1) is 19.3 Å². The fraction of sp³-hybridized carbons (Fsp3) is 0.714. The summed E-state index contributed by atoms with van der Waals surface area (Å²) in [6.45, 7) is 4.37. The molecule has 0 aliphatic carbocycles. The van der Waals surface area contributed by atoms with Crippen LogP contribution in [0.2, 0.25) is 0 Å². The Labute approximate surface area is 129 Å². The van der Waals surface area contributed by atoms with Gasteiger partial charge in [-0.3, -0.25) is 4.90 Å². The number of carbonyl (C=O) groups excluding carboxylic acids is 1. The van der Waals surface area contributed by atoms with Crippen LogP contribution in [0.1, 0.15) is 5.01 Å². The molecule has 1 aromatic rings. The lowest BCUT2D eigenvalue weighted by Crippen LogP contribution is -2.39. The van der Waals surface area contributed by atoms with Crippen molar-refractivity contribution in [2.24, 2.45) is 11.8 Å². The highest BCUT2D eigenvalue weighted by Gasteiger charge is 2.43. The lowest BCUT2D eigenvalue weighted by atomic mass is 9.93. The van der Waals surface area contributed by atoms with Crippen molar-refractivity contribution in [3.8, 4) is 0 Å². The van der Waals surface area contributed by atoms with Gasteiger partial charge in [-0.1, -0.05) is 0 Å². The Morgan fingerprint density at radius 1 is 1.57 bits per heavy atom. The number of ether oxygens (including phenoxy) is 1. The van der Waals surface area contributed by atoms with Crippen LogP contribution in [0.4, 0.5) is 4.79 Å². The third-order valence-corrected chi connectivity index (χ3v) is 5.04. The molecule has 0 bridgehead atoms. The number of nitrogens with one attached hydrogen (secondary N) is 1. The van der Waals surface area contributed by atoms with Crippen LogP contribution in [0.25, 0.3) is 0 Å². The number of aromatic nitrogens is 1. The van der Waals surface area contributed by atoms with Gasteiger partial charge in [0.2, 0.25) is 0 Å². The van der Waals surface area contributed by atoms with Gasteiger partial charge in [-0.05, 0) is 0 Å². The number of amides is 2. The Kier molecular flexibility index (Phi) is 4.42. The molecule has 7 heteroatoms. The average molecular weight is 310 g/mol. The first-order valence-corrected chi connectivity index (χ1v) is 8.19. The normalized spacial score (nSPS) is 28.6. The molecule has 116 valence electrons. The van der Waals surface area contributed by atoms with E-state index in [2.05, 4.69) is 15.2 Å². The molecule has 2 aliphatic heterocycles. The zero-order chi connectivity index (χ0) is 14.8. The molecule has 0 spiro atoms. The summed E-state index contributed by atoms with van der Waals surface area (Å²) < 4.78 is 5.91. The van der Waals surface area contributed by atoms with Crippen LogP contribution in [-0.4, -0.2) is 67.3 Å². The van der Waals surface area contributed by atoms with E-state index in [1.54, 1.807) is 30.3 Å². The van der Waals surface area contributed by atoms with E-state index in [1.165, 1.54) is 0 Å². The van der Waals surface area contributed by atoms with E-state index in [4.69, 9.17) is 4.74 Å². The third-order valence-electron chi connectivity index (χ3n) is 4.28. The van der Waals surface area contributed by atoms with Crippen molar-refractivity contribution < 1.29 is 9.53 Å². The van der Waals surface area contributed by atoms with Crippen LogP contribution in [0.15, 0.2) is 11.6 Å². The molecule has 1 aromatic heterocycles. The zero-order valence-corrected chi connectivity index (χ0v) is 13.3. The maximum absolute atomic E-state index is 11.6. The van der Waals surface area contributed by atoms with Gasteiger partial charge in [-0.15, -0.1) is 11.3 Å². The van der Waals surface area contributed by atoms with Crippen molar-refractivity contribution in [1.82, 2.24) is 20.1 Å². The summed E-state index contributed by atoms with van der Waals surface area (Å²) in [5.74, 6) is 0.938. The highest BCUT2D eigenvalue weighted by Crippen LogP contribution is 2.34. The predicted octanol–water partition coefficient (Wildman–Crippen LogP) is 0.861. The number of rotatable bonds is 4. The SMILES string of the molecule is CN(C)C(=O)NC[C@@H]1CO[C@@H]2CN(Cc3nccs3)C[C@H]12. The molecule has 2 saturated heterocycles. The van der Waals surface area contributed by atoms with E-state index in [1.807, 2.05) is 11.6 Å². The summed E-state index contributed by atoms with van der Waals surface area (Å²) in [6, 6.07) is -0.0314. The minimum Gasteiger partial charge on any atom is -0.376 e. The molecule has 2 fully saturated rings. The molecule has 0 radical (unpaired) electrons. The average Bonchev–Trinajstić information content (AvgIpc) is 3.14. The molecule has 3 heterocycles. The molecule has 1 N–H and O–H groups in total. The minimum absolute atomic E-state index is 0.0314. The topological polar surface area (TPSA) is 57.7 Å². The fourth-order valence-electron chi connectivity index (χ4n) is 3.12. The van der Waals surface area contributed by atoms with Gasteiger partial charge in [-0.25, -0.2) is 9.78 Å². The Morgan fingerprint density at radius 2 is 2.43 bits per heavy atom. The number of urea groups is 1. The van der Waals surface area contributed by atoms with Gasteiger partial charge in [0.15, 0.2) is 0 Å². The molecular weight excluding hydrogens is 288 g/mol. The summed E-state index contributed by atoms with van der Waals surface area (Å²) in [7, 11) is 3.52. The number of carbonyl (C=O) groups is 1. The van der Waals surface area contributed by atoms with Crippen molar-refractivity contribution in [2.45, 2.75) is 12.6 Å². The van der Waals surface area contributed by atoms with E-state index >= 15 is 0 Å². The lowest BCUT2D eigenvalue weighted by molar-refractivity contribution is 0.0940. The van der Waals surface area contributed by atoms with Crippen molar-refractivity contribution in [3.63, 3.8) is 0 Å². The van der Waals surface area contributed by atoms with Crippen LogP contribution in [-0.2, 0) is 11.3 Å². The quantitative estimate of drug-likeness (QED) is 0.896. The van der Waals surface area contributed by atoms with Gasteiger partial charge < -0.3 is 15.0 Å². The first-order valence-electron chi connectivity index (χ1n) is 7.31. The second-order valence-electron chi connectivity index (χ2n) is 6.00. The number of fused-ring (bicyclic) bond motifs is 1. The lowest BCUT2D eigenvalue weighted by Gasteiger charge is -2.20. The van der Waals surface area contributed by atoms with Gasteiger partial charge in [0, 0.05) is 57.1 Å². The van der Waals surface area contributed by atoms with Crippen LogP contribution < -0.4 is 5.32 Å². The van der Waals surface area contributed by atoms with Crippen molar-refractivity contribution in [1.29, 1.82) is 0 Å². The molecule has 0 aromatic carbocycles. The van der Waals surface area contributed by atoms with Crippen LogP contribution in [0.3, 0.4) is 0 Å². The number of hydrogen-bond donors (Lipinski definition) is 1. The Morgan fingerprint density at radius 3 is 3.14 bits per heavy atom. The number of likely N-dealkylation sites (tertiary alicyclic amines) is 1. The van der Waals surface area contributed by atoms with Crippen molar-refractivity contribution >= 4 is 17.4 Å². The summed E-state index contributed by atoms with van der Waals surface area (Å²) in [5.41, 5.74) is 0. The monoisotopic (exact) mass is 310 g/mol. The maximum atomic E-state index is 11.6. The van der Waals surface area contributed by atoms with Gasteiger partial charge in [-0.2, -0.15) is 0 Å². The Bertz CT molecular complexity index is 479. The van der Waals surface area contributed by atoms with E-state index < -0.39 is 0 Å². The summed E-state index contributed by atoms with van der Waals surface area (Å²) in [5, 5.41) is 6.15. The van der Waals surface area contributed by atoms with E-state index in [-0.39, 0.29) is 6.03 Å². The highest BCUT2D eigenvalue weighted by molar-refractivity contribution is 7.09. The van der Waals surface area contributed by atoms with Gasteiger partial charge in [0.1, 0.15) is 5.01 Å². The summed E-state index contributed by atoms with van der Waals surface area (Å²) >= 11 is 1.70. The van der Waals surface area contributed by atoms with Crippen molar-refractivity contribution in [2.75, 3.05) is 40.3 Å². The van der Waals surface area contributed by atoms with Crippen LogP contribution in [0, 0.1) is 11.8 Å². The standard InChI is InChI=1S/C14H22N4O2S/c1-17(2)14(19)16-5-10-9-20-12-7-18(6-11(10)12)8-13-15-3-4-21-13/h3-4,10-12H,5-9H2,1-2H3,(H,16,19)/t10-,11-,12-/m1/s1. The number of nitrogens with zero attached hydrogens (tertiary/aromatic N) is 3. The molecule has 3 rings (SSSR count). The van der Waals surface area contributed by atoms with E-state index in [9.17, 15) is 4.79 Å². The fourth-order valence-corrected chi connectivity index (χ4v) is 3.78. The minimum atomic E-state index is -0.0314. The third kappa shape index (κ3) is 3.36. The first kappa shape index (κ1) is 14.7. The molecule has 0 unspecified atom stereocenters. The smallest absolute Gasteiger partial charge is 0.316 e. The van der Waals surface area contributed by atoms with Crippen LogP contribution >= 0.6 is 11.3 Å². The summed E-state index contributed by atoms with van der Waals surface area (Å²) in [6.07, 6.45) is 2.17. The summed E-state index contributed by atoms with van der Waals surface area (Å²) in [4.78, 5) is 19.9. The number of thiazole rings is 1. The molecule has 2 aliphatic rings. The molecule has 6 nitrogen and oxygen atoms in total. The molecule has 3 atom stereocenters. The Hall–Kier alpha value is -1.18. The molecule has 0 saturated carbocycles. The van der Waals surface area contributed by atoms with Gasteiger partial charge in [0.25, 0.3) is 0 Å². The van der Waals surface area contributed by atoms with E-state index in [0.29, 0.717) is 24.5 Å². The molecule has 21 heavy (non-hydrogen) atoms. The highest BCUT2D eigenvalue weighted by atomic mass is 32.1. The van der Waals surface area contributed by atoms with E-state index in [0.717, 1.165) is 31.2 Å². The predicted molar refractivity (Wildman–Crippen MR) is 81.2 cm³/mol.